The molecule has 7 rings (SSSR count). The minimum atomic E-state index is -0.654. The van der Waals surface area contributed by atoms with E-state index in [2.05, 4.69) is 12.2 Å². The van der Waals surface area contributed by atoms with Crippen LogP contribution >= 0.6 is 11.6 Å². The lowest BCUT2D eigenvalue weighted by Crippen LogP contribution is -2.40. The molecule has 2 aromatic carbocycles. The number of ether oxygens (including phenoxy) is 1. The van der Waals surface area contributed by atoms with Crippen LogP contribution in [0.1, 0.15) is 27.1 Å². The number of nitrogens with zero attached hydrogens (tertiary/aromatic N) is 1. The van der Waals surface area contributed by atoms with Gasteiger partial charge in [-0.2, -0.15) is 0 Å². The molecular weight excluding hydrogens is 442 g/mol. The summed E-state index contributed by atoms with van der Waals surface area (Å²) in [5.74, 6) is -0.376. The first kappa shape index (κ1) is 20.4. The van der Waals surface area contributed by atoms with Crippen LogP contribution in [0.15, 0.2) is 60.7 Å². The molecule has 166 valence electrons. The molecule has 7 heteroatoms. The van der Waals surface area contributed by atoms with E-state index in [0.717, 1.165) is 6.42 Å². The average Bonchev–Trinajstić information content (AvgIpc) is 3.61. The molecule has 0 radical (unpaired) electrons. The van der Waals surface area contributed by atoms with E-state index >= 15 is 0 Å². The number of ketones is 1. The Morgan fingerprint density at radius 3 is 1.97 bits per heavy atom. The second-order valence-corrected chi connectivity index (χ2v) is 9.66. The first-order chi connectivity index (χ1) is 15.9. The Morgan fingerprint density at radius 2 is 1.39 bits per heavy atom. The maximum Gasteiger partial charge on any atom is 0.338 e. The number of allylic oxidation sites excluding steroid dienone is 2. The summed E-state index contributed by atoms with van der Waals surface area (Å²) < 4.78 is 5.14. The van der Waals surface area contributed by atoms with Crippen LogP contribution in [0.2, 0.25) is 5.02 Å². The van der Waals surface area contributed by atoms with Gasteiger partial charge in [0.1, 0.15) is 0 Å². The third-order valence-corrected chi connectivity index (χ3v) is 7.78. The summed E-state index contributed by atoms with van der Waals surface area (Å²) in [6, 6.07) is 12.5. The minimum Gasteiger partial charge on any atom is -0.454 e. The van der Waals surface area contributed by atoms with Gasteiger partial charge in [0.15, 0.2) is 12.4 Å². The van der Waals surface area contributed by atoms with Crippen molar-refractivity contribution < 1.29 is 23.9 Å². The molecule has 1 saturated heterocycles. The van der Waals surface area contributed by atoms with Crippen molar-refractivity contribution in [2.75, 3.05) is 11.5 Å². The van der Waals surface area contributed by atoms with Crippen LogP contribution in [-0.4, -0.2) is 30.2 Å². The van der Waals surface area contributed by atoms with Crippen molar-refractivity contribution in [3.05, 3.63) is 76.8 Å². The highest BCUT2D eigenvalue weighted by atomic mass is 35.5. The van der Waals surface area contributed by atoms with Crippen LogP contribution < -0.4 is 4.90 Å². The molecule has 2 bridgehead atoms. The number of benzene rings is 2. The molecule has 0 unspecified atom stereocenters. The Labute approximate surface area is 195 Å². The summed E-state index contributed by atoms with van der Waals surface area (Å²) in [6.07, 6.45) is 5.39. The van der Waals surface area contributed by atoms with Crippen LogP contribution in [-0.2, 0) is 14.3 Å². The molecule has 4 aliphatic carbocycles. The molecule has 0 N–H and O–H groups in total. The number of hydrogen-bond acceptors (Lipinski definition) is 5. The number of hydrogen-bond donors (Lipinski definition) is 0. The molecule has 2 saturated carbocycles. The number of esters is 1. The zero-order chi connectivity index (χ0) is 22.9. The summed E-state index contributed by atoms with van der Waals surface area (Å²) in [4.78, 5) is 52.2. The lowest BCUT2D eigenvalue weighted by molar-refractivity contribution is -0.124. The van der Waals surface area contributed by atoms with E-state index in [1.165, 1.54) is 17.0 Å². The molecular formula is C26H20ClNO5. The fraction of sp³-hybridized carbons (Fsp3) is 0.308. The number of amides is 2. The van der Waals surface area contributed by atoms with Gasteiger partial charge in [0.2, 0.25) is 11.8 Å². The van der Waals surface area contributed by atoms with E-state index in [0.29, 0.717) is 28.1 Å². The molecule has 33 heavy (non-hydrogen) atoms. The maximum absolute atomic E-state index is 13.2. The topological polar surface area (TPSA) is 80.8 Å². The first-order valence-electron chi connectivity index (χ1n) is 11.1. The van der Waals surface area contributed by atoms with Gasteiger partial charge >= 0.3 is 5.97 Å². The van der Waals surface area contributed by atoms with Gasteiger partial charge in [-0.1, -0.05) is 23.8 Å². The van der Waals surface area contributed by atoms with Gasteiger partial charge < -0.3 is 4.74 Å². The number of Topliss-reactive ketones (excluding diaryl/α,β-unsaturated/α-hetero) is 1. The first-order valence-corrected chi connectivity index (χ1v) is 11.4. The SMILES string of the molecule is O=C(COC(=O)c1ccc(N2C(=O)[C@@H]3[C@H]4C=C[C@@H]([C@@H]5C[C@H]45)[C@@H]3C2=O)cc1)c1ccc(Cl)cc1. The largest absolute Gasteiger partial charge is 0.454 e. The zero-order valence-corrected chi connectivity index (χ0v) is 18.3. The van der Waals surface area contributed by atoms with Gasteiger partial charge in [0.25, 0.3) is 0 Å². The Kier molecular flexibility index (Phi) is 4.56. The van der Waals surface area contributed by atoms with Crippen molar-refractivity contribution in [2.24, 2.45) is 35.5 Å². The minimum absolute atomic E-state index is 0.140. The highest BCUT2D eigenvalue weighted by molar-refractivity contribution is 6.30. The fourth-order valence-corrected chi connectivity index (χ4v) is 6.02. The molecule has 1 aliphatic heterocycles. The Morgan fingerprint density at radius 1 is 0.848 bits per heavy atom. The van der Waals surface area contributed by atoms with Crippen LogP contribution in [0.3, 0.4) is 0 Å². The second-order valence-electron chi connectivity index (χ2n) is 9.22. The highest BCUT2D eigenvalue weighted by Crippen LogP contribution is 2.65. The van der Waals surface area contributed by atoms with Gasteiger partial charge in [-0.3, -0.25) is 19.3 Å². The summed E-state index contributed by atoms with van der Waals surface area (Å²) in [5.41, 5.74) is 1.10. The Balaban J connectivity index is 1.14. The number of carbonyl (C=O) groups excluding carboxylic acids is 4. The average molecular weight is 462 g/mol. The van der Waals surface area contributed by atoms with E-state index in [1.807, 2.05) is 0 Å². The van der Waals surface area contributed by atoms with E-state index < -0.39 is 12.6 Å². The quantitative estimate of drug-likeness (QED) is 0.291. The van der Waals surface area contributed by atoms with E-state index in [4.69, 9.17) is 16.3 Å². The molecule has 6 nitrogen and oxygen atoms in total. The third-order valence-electron chi connectivity index (χ3n) is 7.52. The second kappa shape index (κ2) is 7.39. The van der Waals surface area contributed by atoms with Gasteiger partial charge in [-0.25, -0.2) is 4.79 Å². The molecule has 3 fully saturated rings. The van der Waals surface area contributed by atoms with Gasteiger partial charge in [-0.15, -0.1) is 0 Å². The lowest BCUT2D eigenvalue weighted by atomic mass is 9.63. The van der Waals surface area contributed by atoms with E-state index in [9.17, 15) is 19.2 Å². The monoisotopic (exact) mass is 461 g/mol. The van der Waals surface area contributed by atoms with Gasteiger partial charge in [0.05, 0.1) is 23.1 Å². The predicted molar refractivity (Wildman–Crippen MR) is 120 cm³/mol. The standard InChI is InChI=1S/C26H20ClNO5/c27-15-5-1-13(2-6-15)21(29)12-33-26(32)14-3-7-16(8-4-14)28-24(30)22-17-9-10-18(20-11-19(17)20)23(22)25(28)31/h1-10,17-20,22-23H,11-12H2/t17-,18-,19-,20+,22-,23+/m0/s1. The van der Waals surface area contributed by atoms with Crippen molar-refractivity contribution in [3.63, 3.8) is 0 Å². The van der Waals surface area contributed by atoms with Crippen molar-refractivity contribution in [1.82, 2.24) is 0 Å². The summed E-state index contributed by atoms with van der Waals surface area (Å²) in [6.45, 7) is -0.396. The number of carbonyl (C=O) groups is 4. The molecule has 0 spiro atoms. The van der Waals surface area contributed by atoms with Crippen LogP contribution in [0.4, 0.5) is 5.69 Å². The smallest absolute Gasteiger partial charge is 0.338 e. The van der Waals surface area contributed by atoms with E-state index in [1.54, 1.807) is 36.4 Å². The maximum atomic E-state index is 13.2. The fourth-order valence-electron chi connectivity index (χ4n) is 5.89. The summed E-state index contributed by atoms with van der Waals surface area (Å²) in [7, 11) is 0. The third kappa shape index (κ3) is 3.16. The predicted octanol–water partition coefficient (Wildman–Crippen LogP) is 3.94. The van der Waals surface area contributed by atoms with Crippen LogP contribution in [0, 0.1) is 35.5 Å². The normalized spacial score (nSPS) is 30.8. The molecule has 2 amide bonds. The number of rotatable bonds is 5. The van der Waals surface area contributed by atoms with Crippen LogP contribution in [0.25, 0.3) is 0 Å². The Bertz CT molecular complexity index is 1180. The molecule has 5 aliphatic rings. The van der Waals surface area contributed by atoms with E-state index in [-0.39, 0.29) is 46.8 Å². The van der Waals surface area contributed by atoms with Crippen molar-refractivity contribution in [3.8, 4) is 0 Å². The van der Waals surface area contributed by atoms with Crippen molar-refractivity contribution >= 4 is 40.9 Å². The summed E-state index contributed by atoms with van der Waals surface area (Å²) >= 11 is 5.82. The van der Waals surface area contributed by atoms with Crippen LogP contribution in [0.5, 0.6) is 0 Å². The highest BCUT2D eigenvalue weighted by Gasteiger charge is 2.67. The summed E-state index contributed by atoms with van der Waals surface area (Å²) in [5, 5.41) is 0.513. The number of anilines is 1. The lowest BCUT2D eigenvalue weighted by Gasteiger charge is -2.37. The molecule has 1 heterocycles. The number of imide groups is 1. The Hall–Kier alpha value is -3.25. The van der Waals surface area contributed by atoms with Gasteiger partial charge in [0, 0.05) is 10.6 Å². The molecule has 0 aromatic heterocycles. The molecule has 6 atom stereocenters. The molecule has 2 aromatic rings. The van der Waals surface area contributed by atoms with Crippen molar-refractivity contribution in [1.29, 1.82) is 0 Å². The van der Waals surface area contributed by atoms with Crippen molar-refractivity contribution in [2.45, 2.75) is 6.42 Å². The van der Waals surface area contributed by atoms with Gasteiger partial charge in [-0.05, 0) is 78.6 Å². The number of halogens is 1. The zero-order valence-electron chi connectivity index (χ0n) is 17.5.